The van der Waals surface area contributed by atoms with Crippen molar-refractivity contribution in [1.29, 1.82) is 0 Å². The highest BCUT2D eigenvalue weighted by Gasteiger charge is 2.06. The van der Waals surface area contributed by atoms with Crippen LogP contribution in [0.2, 0.25) is 0 Å². The molecule has 0 radical (unpaired) electrons. The molecule has 3 aromatic rings. The molecule has 0 bridgehead atoms. The van der Waals surface area contributed by atoms with Crippen LogP contribution in [-0.2, 0) is 7.05 Å². The minimum atomic E-state index is 1.20. The summed E-state index contributed by atoms with van der Waals surface area (Å²) >= 11 is 0. The molecule has 0 aliphatic carbocycles. The van der Waals surface area contributed by atoms with Crippen molar-refractivity contribution in [2.24, 2.45) is 7.05 Å². The summed E-state index contributed by atoms with van der Waals surface area (Å²) in [4.78, 5) is 3.24. The lowest BCUT2D eigenvalue weighted by atomic mass is 10.2. The Morgan fingerprint density at radius 2 is 1.92 bits per heavy atom. The van der Waals surface area contributed by atoms with Crippen LogP contribution in [0.3, 0.4) is 0 Å². The Labute approximate surface area is 75.8 Å². The number of fused-ring (bicyclic) bond motifs is 3. The van der Waals surface area contributed by atoms with E-state index in [0.29, 0.717) is 0 Å². The second-order valence-corrected chi connectivity index (χ2v) is 3.32. The highest BCUT2D eigenvalue weighted by Crippen LogP contribution is 2.26. The molecule has 13 heavy (non-hydrogen) atoms. The number of hydrogen-bond acceptors (Lipinski definition) is 0. The summed E-state index contributed by atoms with van der Waals surface area (Å²) < 4.78 is 2.19. The van der Waals surface area contributed by atoms with E-state index in [-0.39, 0.29) is 0 Å². The van der Waals surface area contributed by atoms with Crippen molar-refractivity contribution in [2.45, 2.75) is 0 Å². The van der Waals surface area contributed by atoms with Gasteiger partial charge in [-0.05, 0) is 12.1 Å². The van der Waals surface area contributed by atoms with Gasteiger partial charge in [0, 0.05) is 29.5 Å². The molecule has 2 heterocycles. The summed E-state index contributed by atoms with van der Waals surface area (Å²) in [6.07, 6.45) is 1.98. The Morgan fingerprint density at radius 1 is 1.08 bits per heavy atom. The third-order valence-corrected chi connectivity index (χ3v) is 2.62. The first-order valence-electron chi connectivity index (χ1n) is 4.38. The van der Waals surface area contributed by atoms with E-state index in [1.165, 1.54) is 21.9 Å². The van der Waals surface area contributed by atoms with Crippen LogP contribution in [0.1, 0.15) is 0 Å². The van der Waals surface area contributed by atoms with Crippen LogP contribution >= 0.6 is 0 Å². The van der Waals surface area contributed by atoms with Gasteiger partial charge in [-0.25, -0.2) is 0 Å². The molecule has 0 aliphatic heterocycles. The zero-order chi connectivity index (χ0) is 8.84. The van der Waals surface area contributed by atoms with E-state index < -0.39 is 0 Å². The second kappa shape index (κ2) is 2.16. The molecule has 0 spiro atoms. The smallest absolute Gasteiger partial charge is 0.118 e. The van der Waals surface area contributed by atoms with E-state index in [0.717, 1.165) is 0 Å². The summed E-state index contributed by atoms with van der Waals surface area (Å²) in [6, 6.07) is 10.6. The van der Waals surface area contributed by atoms with Crippen LogP contribution in [0.5, 0.6) is 0 Å². The van der Waals surface area contributed by atoms with Gasteiger partial charge in [0.2, 0.25) is 0 Å². The fourth-order valence-corrected chi connectivity index (χ4v) is 1.97. The maximum Gasteiger partial charge on any atom is 0.118 e. The number of rotatable bonds is 0. The van der Waals surface area contributed by atoms with E-state index in [1.807, 2.05) is 6.20 Å². The van der Waals surface area contributed by atoms with Crippen LogP contribution in [0.4, 0.5) is 0 Å². The fraction of sp³-hybridized carbons (Fsp3) is 0.0909. The van der Waals surface area contributed by atoms with E-state index >= 15 is 0 Å². The lowest BCUT2D eigenvalue weighted by Gasteiger charge is -1.94. The molecule has 0 fully saturated rings. The third kappa shape index (κ3) is 0.724. The van der Waals surface area contributed by atoms with Crippen molar-refractivity contribution in [3.63, 3.8) is 0 Å². The van der Waals surface area contributed by atoms with Crippen LogP contribution in [0.25, 0.3) is 21.9 Å². The van der Waals surface area contributed by atoms with Crippen molar-refractivity contribution in [3.8, 4) is 0 Å². The SMILES string of the molecule is Cn1c2ccccc2c2cc[nH]c21. The van der Waals surface area contributed by atoms with Gasteiger partial charge in [-0.2, -0.15) is 0 Å². The zero-order valence-electron chi connectivity index (χ0n) is 7.41. The quantitative estimate of drug-likeness (QED) is 0.535. The van der Waals surface area contributed by atoms with E-state index in [1.54, 1.807) is 0 Å². The van der Waals surface area contributed by atoms with Crippen molar-refractivity contribution in [2.75, 3.05) is 0 Å². The number of aromatic amines is 1. The molecule has 1 N–H and O–H groups in total. The molecule has 0 amide bonds. The molecule has 0 atom stereocenters. The first-order valence-corrected chi connectivity index (χ1v) is 4.38. The average Bonchev–Trinajstić information content (AvgIpc) is 2.72. The average molecular weight is 170 g/mol. The predicted molar refractivity (Wildman–Crippen MR) is 54.8 cm³/mol. The minimum absolute atomic E-state index is 1.20. The van der Waals surface area contributed by atoms with Gasteiger partial charge in [0.1, 0.15) is 5.65 Å². The molecular weight excluding hydrogens is 160 g/mol. The van der Waals surface area contributed by atoms with Gasteiger partial charge < -0.3 is 9.55 Å². The lowest BCUT2D eigenvalue weighted by Crippen LogP contribution is -1.86. The van der Waals surface area contributed by atoms with Gasteiger partial charge in [0.25, 0.3) is 0 Å². The van der Waals surface area contributed by atoms with Crippen molar-refractivity contribution >= 4 is 21.9 Å². The normalized spacial score (nSPS) is 11.5. The Morgan fingerprint density at radius 3 is 2.85 bits per heavy atom. The number of nitrogens with one attached hydrogen (secondary N) is 1. The van der Waals surface area contributed by atoms with Gasteiger partial charge in [0.15, 0.2) is 0 Å². The van der Waals surface area contributed by atoms with Crippen LogP contribution in [-0.4, -0.2) is 9.55 Å². The van der Waals surface area contributed by atoms with Gasteiger partial charge in [0.05, 0.1) is 0 Å². The summed E-state index contributed by atoms with van der Waals surface area (Å²) in [5, 5.41) is 2.62. The Balaban J connectivity index is 2.72. The standard InChI is InChI=1S/C11H10N2/c1-13-10-5-3-2-4-8(10)9-6-7-12-11(9)13/h2-7,12H,1H3. The molecule has 1 aromatic carbocycles. The Hall–Kier alpha value is -1.70. The largest absolute Gasteiger partial charge is 0.348 e. The molecule has 0 unspecified atom stereocenters. The summed E-state index contributed by atoms with van der Waals surface area (Å²) in [5.74, 6) is 0. The zero-order valence-corrected chi connectivity index (χ0v) is 7.41. The predicted octanol–water partition coefficient (Wildman–Crippen LogP) is 2.66. The van der Waals surface area contributed by atoms with E-state index in [9.17, 15) is 0 Å². The van der Waals surface area contributed by atoms with Crippen molar-refractivity contribution in [3.05, 3.63) is 36.5 Å². The first kappa shape index (κ1) is 6.78. The van der Waals surface area contributed by atoms with E-state index in [2.05, 4.69) is 46.9 Å². The first-order chi connectivity index (χ1) is 6.38. The number of aryl methyl sites for hydroxylation is 1. The number of nitrogens with zero attached hydrogens (tertiary/aromatic N) is 1. The van der Waals surface area contributed by atoms with Crippen LogP contribution < -0.4 is 0 Å². The lowest BCUT2D eigenvalue weighted by molar-refractivity contribution is 0.994. The molecule has 2 aromatic heterocycles. The van der Waals surface area contributed by atoms with Crippen LogP contribution in [0.15, 0.2) is 36.5 Å². The Bertz CT molecular complexity index is 572. The van der Waals surface area contributed by atoms with Gasteiger partial charge >= 0.3 is 0 Å². The molecule has 0 saturated heterocycles. The summed E-state index contributed by atoms with van der Waals surface area (Å²) in [6.45, 7) is 0. The third-order valence-electron chi connectivity index (χ3n) is 2.62. The summed E-state index contributed by atoms with van der Waals surface area (Å²) in [5.41, 5.74) is 2.48. The molecule has 64 valence electrons. The van der Waals surface area contributed by atoms with Crippen molar-refractivity contribution in [1.82, 2.24) is 9.55 Å². The highest BCUT2D eigenvalue weighted by atomic mass is 15.0. The van der Waals surface area contributed by atoms with Gasteiger partial charge in [-0.3, -0.25) is 0 Å². The molecule has 0 saturated carbocycles. The monoisotopic (exact) mass is 170 g/mol. The van der Waals surface area contributed by atoms with Crippen LogP contribution in [0, 0.1) is 0 Å². The Kier molecular flexibility index (Phi) is 1.13. The number of aromatic nitrogens is 2. The molecule has 2 heteroatoms. The number of para-hydroxylation sites is 1. The maximum absolute atomic E-state index is 3.24. The molecule has 2 nitrogen and oxygen atoms in total. The molecule has 3 rings (SSSR count). The van der Waals surface area contributed by atoms with Gasteiger partial charge in [-0.15, -0.1) is 0 Å². The van der Waals surface area contributed by atoms with Crippen molar-refractivity contribution < 1.29 is 0 Å². The maximum atomic E-state index is 3.24. The van der Waals surface area contributed by atoms with Gasteiger partial charge in [-0.1, -0.05) is 18.2 Å². The topological polar surface area (TPSA) is 20.7 Å². The molecular formula is C11H10N2. The minimum Gasteiger partial charge on any atom is -0.348 e. The molecule has 0 aliphatic rings. The summed E-state index contributed by atoms with van der Waals surface area (Å²) in [7, 11) is 2.08. The number of hydrogen-bond donors (Lipinski definition) is 1. The fourth-order valence-electron chi connectivity index (χ4n) is 1.97. The van der Waals surface area contributed by atoms with E-state index in [4.69, 9.17) is 0 Å². The number of H-pyrrole nitrogens is 1. The second-order valence-electron chi connectivity index (χ2n) is 3.32. The number of benzene rings is 1. The highest BCUT2D eigenvalue weighted by molar-refractivity contribution is 6.06.